The lowest BCUT2D eigenvalue weighted by Gasteiger charge is -2.25. The number of hydrogen-bond donors (Lipinski definition) is 2. The molecule has 0 bridgehead atoms. The summed E-state index contributed by atoms with van der Waals surface area (Å²) < 4.78 is 0. The number of aromatic nitrogens is 1. The van der Waals surface area contributed by atoms with Crippen molar-refractivity contribution in [2.75, 3.05) is 5.32 Å². The van der Waals surface area contributed by atoms with Crippen LogP contribution in [0.1, 0.15) is 55.5 Å². The highest BCUT2D eigenvalue weighted by Crippen LogP contribution is 2.30. The van der Waals surface area contributed by atoms with Crippen molar-refractivity contribution < 1.29 is 4.79 Å². The Balaban J connectivity index is 0.00000161. The molecule has 0 saturated heterocycles. The van der Waals surface area contributed by atoms with E-state index in [-0.39, 0.29) is 30.3 Å². The second kappa shape index (κ2) is 7.56. The van der Waals surface area contributed by atoms with Crippen molar-refractivity contribution in [1.29, 1.82) is 0 Å². The van der Waals surface area contributed by atoms with E-state index in [2.05, 4.69) is 10.3 Å². The van der Waals surface area contributed by atoms with Crippen molar-refractivity contribution in [3.8, 4) is 0 Å². The fourth-order valence-electron chi connectivity index (χ4n) is 3.26. The van der Waals surface area contributed by atoms with Crippen LogP contribution >= 0.6 is 23.7 Å². The van der Waals surface area contributed by atoms with Crippen LogP contribution in [0.3, 0.4) is 0 Å². The second-order valence-corrected chi connectivity index (χ2v) is 7.15. The number of carbonyl (C=O) groups excluding carboxylic acids is 1. The zero-order chi connectivity index (χ0) is 13.9. The summed E-state index contributed by atoms with van der Waals surface area (Å²) in [5, 5.41) is 3.82. The van der Waals surface area contributed by atoms with E-state index >= 15 is 0 Å². The van der Waals surface area contributed by atoms with E-state index in [1.54, 1.807) is 11.3 Å². The van der Waals surface area contributed by atoms with E-state index in [1.165, 1.54) is 29.8 Å². The predicted octanol–water partition coefficient (Wildman–Crippen LogP) is 3.29. The van der Waals surface area contributed by atoms with Gasteiger partial charge in [-0.1, -0.05) is 12.8 Å². The monoisotopic (exact) mass is 329 g/mol. The van der Waals surface area contributed by atoms with Gasteiger partial charge in [0.15, 0.2) is 5.13 Å². The van der Waals surface area contributed by atoms with Gasteiger partial charge < -0.3 is 11.1 Å². The molecule has 3 rings (SSSR count). The maximum atomic E-state index is 12.3. The van der Waals surface area contributed by atoms with Crippen LogP contribution < -0.4 is 11.1 Å². The first-order valence-electron chi connectivity index (χ1n) is 7.77. The fraction of sp³-hybridized carbons (Fsp3) is 0.733. The minimum atomic E-state index is 0. The topological polar surface area (TPSA) is 68.0 Å². The van der Waals surface area contributed by atoms with Crippen LogP contribution in [-0.4, -0.2) is 16.9 Å². The van der Waals surface area contributed by atoms with E-state index < -0.39 is 0 Å². The van der Waals surface area contributed by atoms with Crippen molar-refractivity contribution in [2.45, 2.75) is 63.8 Å². The summed E-state index contributed by atoms with van der Waals surface area (Å²) in [4.78, 5) is 18.3. The number of hydrogen-bond acceptors (Lipinski definition) is 4. The summed E-state index contributed by atoms with van der Waals surface area (Å²) >= 11 is 1.67. The highest BCUT2D eigenvalue weighted by Gasteiger charge is 2.26. The van der Waals surface area contributed by atoms with Gasteiger partial charge in [-0.2, -0.15) is 0 Å². The third-order valence-electron chi connectivity index (χ3n) is 4.41. The lowest BCUT2D eigenvalue weighted by molar-refractivity contribution is -0.120. The Morgan fingerprint density at radius 3 is 2.81 bits per heavy atom. The SMILES string of the molecule is Cl.NC1CCCC(C(=O)Nc2nc3c(s2)CCCCC3)C1. The molecular weight excluding hydrogens is 306 g/mol. The van der Waals surface area contributed by atoms with Gasteiger partial charge in [-0.25, -0.2) is 4.98 Å². The van der Waals surface area contributed by atoms with Gasteiger partial charge in [0.05, 0.1) is 5.69 Å². The molecule has 21 heavy (non-hydrogen) atoms. The maximum Gasteiger partial charge on any atom is 0.229 e. The van der Waals surface area contributed by atoms with Gasteiger partial charge in [-0.05, 0) is 44.9 Å². The van der Waals surface area contributed by atoms with Crippen molar-refractivity contribution in [3.05, 3.63) is 10.6 Å². The average Bonchev–Trinajstić information content (AvgIpc) is 2.68. The zero-order valence-electron chi connectivity index (χ0n) is 12.3. The number of nitrogens with one attached hydrogen (secondary N) is 1. The summed E-state index contributed by atoms with van der Waals surface area (Å²) in [6, 6.07) is 0.188. The van der Waals surface area contributed by atoms with Crippen LogP contribution in [0.2, 0.25) is 0 Å². The van der Waals surface area contributed by atoms with Crippen LogP contribution in [0.15, 0.2) is 0 Å². The maximum absolute atomic E-state index is 12.3. The number of anilines is 1. The molecule has 2 atom stereocenters. The summed E-state index contributed by atoms with van der Waals surface area (Å²) in [5.74, 6) is 0.187. The van der Waals surface area contributed by atoms with E-state index in [0.29, 0.717) is 0 Å². The van der Waals surface area contributed by atoms with Crippen molar-refractivity contribution in [2.24, 2.45) is 11.7 Å². The molecule has 2 aliphatic carbocycles. The first-order chi connectivity index (χ1) is 9.72. The Hall–Kier alpha value is -0.650. The number of aryl methyl sites for hydroxylation is 2. The number of fused-ring (bicyclic) bond motifs is 1. The number of rotatable bonds is 2. The zero-order valence-corrected chi connectivity index (χ0v) is 13.9. The van der Waals surface area contributed by atoms with E-state index in [9.17, 15) is 4.79 Å². The molecule has 2 unspecified atom stereocenters. The quantitative estimate of drug-likeness (QED) is 0.818. The normalized spacial score (nSPS) is 25.4. The third-order valence-corrected chi connectivity index (χ3v) is 5.48. The van der Waals surface area contributed by atoms with Gasteiger partial charge in [0.2, 0.25) is 5.91 Å². The molecule has 2 aliphatic rings. The van der Waals surface area contributed by atoms with Crippen LogP contribution in [0, 0.1) is 5.92 Å². The smallest absolute Gasteiger partial charge is 0.229 e. The fourth-order valence-corrected chi connectivity index (χ4v) is 4.31. The Labute approximate surface area is 136 Å². The Kier molecular flexibility index (Phi) is 6.02. The van der Waals surface area contributed by atoms with Gasteiger partial charge in [-0.15, -0.1) is 23.7 Å². The van der Waals surface area contributed by atoms with Crippen molar-refractivity contribution in [1.82, 2.24) is 4.98 Å². The molecule has 118 valence electrons. The number of thiazole rings is 1. The van der Waals surface area contributed by atoms with E-state index in [1.807, 2.05) is 0 Å². The predicted molar refractivity (Wildman–Crippen MR) is 89.2 cm³/mol. The Bertz CT molecular complexity index is 468. The number of nitrogens with two attached hydrogens (primary N) is 1. The van der Waals surface area contributed by atoms with Crippen LogP contribution in [-0.2, 0) is 17.6 Å². The van der Waals surface area contributed by atoms with Crippen LogP contribution in [0.5, 0.6) is 0 Å². The van der Waals surface area contributed by atoms with Gasteiger partial charge in [0.1, 0.15) is 0 Å². The molecule has 1 amide bonds. The van der Waals surface area contributed by atoms with Gasteiger partial charge in [-0.3, -0.25) is 4.79 Å². The average molecular weight is 330 g/mol. The van der Waals surface area contributed by atoms with Crippen molar-refractivity contribution >= 4 is 34.8 Å². The summed E-state index contributed by atoms with van der Waals surface area (Å²) in [7, 11) is 0. The van der Waals surface area contributed by atoms with Crippen molar-refractivity contribution in [3.63, 3.8) is 0 Å². The number of halogens is 1. The first-order valence-corrected chi connectivity index (χ1v) is 8.59. The lowest BCUT2D eigenvalue weighted by Crippen LogP contribution is -2.34. The standard InChI is InChI=1S/C15H23N3OS.ClH/c16-11-6-4-5-10(9-11)14(19)18-15-17-12-7-2-1-3-8-13(12)20-15;/h10-11H,1-9,16H2,(H,17,18,19);1H. The largest absolute Gasteiger partial charge is 0.328 e. The number of carbonyl (C=O) groups is 1. The highest BCUT2D eigenvalue weighted by molar-refractivity contribution is 7.15. The summed E-state index contributed by atoms with van der Waals surface area (Å²) in [6.07, 6.45) is 9.85. The third kappa shape index (κ3) is 4.18. The van der Waals surface area contributed by atoms with Gasteiger partial charge in [0, 0.05) is 16.8 Å². The molecule has 1 aromatic heterocycles. The number of nitrogens with zero attached hydrogens (tertiary/aromatic N) is 1. The molecule has 0 aliphatic heterocycles. The molecule has 0 spiro atoms. The molecule has 1 fully saturated rings. The van der Waals surface area contributed by atoms with Crippen LogP contribution in [0.4, 0.5) is 5.13 Å². The van der Waals surface area contributed by atoms with E-state index in [0.717, 1.165) is 43.7 Å². The van der Waals surface area contributed by atoms with Crippen LogP contribution in [0.25, 0.3) is 0 Å². The van der Waals surface area contributed by atoms with Gasteiger partial charge in [0.25, 0.3) is 0 Å². The lowest BCUT2D eigenvalue weighted by atomic mass is 9.86. The number of amides is 1. The summed E-state index contributed by atoms with van der Waals surface area (Å²) in [5.41, 5.74) is 7.17. The molecule has 6 heteroatoms. The molecular formula is C15H24ClN3OS. The van der Waals surface area contributed by atoms with Gasteiger partial charge >= 0.3 is 0 Å². The molecule has 1 saturated carbocycles. The van der Waals surface area contributed by atoms with E-state index in [4.69, 9.17) is 5.73 Å². The minimum Gasteiger partial charge on any atom is -0.328 e. The molecule has 1 heterocycles. The minimum absolute atomic E-state index is 0. The first kappa shape index (κ1) is 16.7. The molecule has 1 aromatic rings. The molecule has 3 N–H and O–H groups in total. The highest BCUT2D eigenvalue weighted by atomic mass is 35.5. The second-order valence-electron chi connectivity index (χ2n) is 6.06. The Morgan fingerprint density at radius 2 is 2.00 bits per heavy atom. The molecule has 0 radical (unpaired) electrons. The Morgan fingerprint density at radius 1 is 1.19 bits per heavy atom. The molecule has 4 nitrogen and oxygen atoms in total. The summed E-state index contributed by atoms with van der Waals surface area (Å²) in [6.45, 7) is 0. The molecule has 0 aromatic carbocycles.